The van der Waals surface area contributed by atoms with E-state index in [2.05, 4.69) is 39.5 Å². The summed E-state index contributed by atoms with van der Waals surface area (Å²) in [5.74, 6) is -0.364. The molecule has 2 aromatic heterocycles. The Labute approximate surface area is 163 Å². The van der Waals surface area contributed by atoms with Crippen molar-refractivity contribution in [1.29, 1.82) is 0 Å². The summed E-state index contributed by atoms with van der Waals surface area (Å²) in [6, 6.07) is 10.2. The summed E-state index contributed by atoms with van der Waals surface area (Å²) in [5, 5.41) is 4.42. The van der Waals surface area contributed by atoms with E-state index in [1.54, 1.807) is 11.3 Å². The first-order valence-corrected chi connectivity index (χ1v) is 9.60. The Morgan fingerprint density at radius 1 is 1.42 bits per heavy atom. The third-order valence-corrected chi connectivity index (χ3v) is 5.75. The number of allylic oxidation sites excluding steroid dienone is 1. The maximum atomic E-state index is 12.1. The first-order valence-electron chi connectivity index (χ1n) is 7.63. The van der Waals surface area contributed by atoms with E-state index in [1.807, 2.05) is 24.3 Å². The summed E-state index contributed by atoms with van der Waals surface area (Å²) in [7, 11) is 0. The molecule has 0 unspecified atom stereocenters. The molecular weight excluding hydrogens is 388 g/mol. The number of carbonyl (C=O) groups is 1. The van der Waals surface area contributed by atoms with Gasteiger partial charge in [-0.25, -0.2) is 0 Å². The lowest BCUT2D eigenvalue weighted by atomic mass is 10.2. The van der Waals surface area contributed by atoms with Crippen molar-refractivity contribution in [2.75, 3.05) is 12.3 Å². The van der Waals surface area contributed by atoms with Crippen molar-refractivity contribution in [3.05, 3.63) is 70.9 Å². The minimum atomic E-state index is -0.364. The number of fused-ring (bicyclic) bond motifs is 1. The number of amides is 1. The molecule has 0 saturated carbocycles. The molecule has 0 aliphatic rings. The second-order valence-corrected chi connectivity index (χ2v) is 7.43. The lowest BCUT2D eigenvalue weighted by Crippen LogP contribution is -2.24. The first-order chi connectivity index (χ1) is 12.6. The topological polar surface area (TPSA) is 80.4 Å². The van der Waals surface area contributed by atoms with Crippen LogP contribution in [0, 0.1) is 0 Å². The number of aromatic nitrogens is 1. The Kier molecular flexibility index (Phi) is 5.82. The predicted molar refractivity (Wildman–Crippen MR) is 112 cm³/mol. The van der Waals surface area contributed by atoms with Gasteiger partial charge in [-0.15, -0.1) is 11.3 Å². The Bertz CT molecular complexity index is 986. The summed E-state index contributed by atoms with van der Waals surface area (Å²) in [5.41, 5.74) is 6.54. The zero-order valence-electron chi connectivity index (χ0n) is 13.6. The number of aliphatic imine (C=N–C) groups is 1. The average molecular weight is 403 g/mol. The van der Waals surface area contributed by atoms with Crippen molar-refractivity contribution in [1.82, 2.24) is 9.69 Å². The van der Waals surface area contributed by atoms with E-state index >= 15 is 0 Å². The van der Waals surface area contributed by atoms with Crippen LogP contribution in [0.1, 0.15) is 15.4 Å². The van der Waals surface area contributed by atoms with Gasteiger partial charge in [0.2, 0.25) is 0 Å². The van der Waals surface area contributed by atoms with Gasteiger partial charge < -0.3 is 11.1 Å². The monoisotopic (exact) mass is 402 g/mol. The van der Waals surface area contributed by atoms with Crippen molar-refractivity contribution in [3.8, 4) is 0 Å². The fourth-order valence-corrected chi connectivity index (χ4v) is 4.10. The van der Waals surface area contributed by atoms with Crippen LogP contribution in [0.15, 0.2) is 60.3 Å². The van der Waals surface area contributed by atoms with E-state index < -0.39 is 0 Å². The predicted octanol–water partition coefficient (Wildman–Crippen LogP) is 4.51. The molecule has 132 valence electrons. The molecule has 2 heterocycles. The van der Waals surface area contributed by atoms with Crippen LogP contribution in [-0.2, 0) is 0 Å². The number of rotatable bonds is 6. The van der Waals surface area contributed by atoms with Crippen LogP contribution in [0.4, 0.5) is 5.00 Å². The molecule has 0 spiro atoms. The molecule has 0 radical (unpaired) electrons. The van der Waals surface area contributed by atoms with Crippen LogP contribution in [0.2, 0.25) is 5.02 Å². The number of nitrogens with two attached hydrogens (primary N) is 1. The highest BCUT2D eigenvalue weighted by Crippen LogP contribution is 2.27. The van der Waals surface area contributed by atoms with Gasteiger partial charge >= 0.3 is 0 Å². The number of benzene rings is 1. The Hall–Kier alpha value is -2.48. The maximum Gasteiger partial charge on any atom is 0.272 e. The number of carbonyl (C=O) groups excluding carboxylic acids is 1. The zero-order chi connectivity index (χ0) is 18.5. The van der Waals surface area contributed by atoms with Gasteiger partial charge in [-0.1, -0.05) is 42.5 Å². The summed E-state index contributed by atoms with van der Waals surface area (Å²) in [6.45, 7) is 3.98. The number of nitrogens with zero attached hydrogens (tertiary/aromatic N) is 2. The lowest BCUT2D eigenvalue weighted by molar-refractivity contribution is 0.0954. The number of halogens is 1. The van der Waals surface area contributed by atoms with Crippen LogP contribution in [-0.4, -0.2) is 22.5 Å². The second kappa shape index (κ2) is 8.27. The van der Waals surface area contributed by atoms with Crippen LogP contribution in [0.5, 0.6) is 0 Å². The Balaban J connectivity index is 1.68. The molecule has 0 fully saturated rings. The maximum absolute atomic E-state index is 12.1. The molecule has 3 aromatic rings. The highest BCUT2D eigenvalue weighted by molar-refractivity contribution is 7.21. The lowest BCUT2D eigenvalue weighted by Gasteiger charge is -2.00. The molecule has 26 heavy (non-hydrogen) atoms. The van der Waals surface area contributed by atoms with Gasteiger partial charge in [-0.3, -0.25) is 9.79 Å². The molecule has 0 saturated heterocycles. The minimum Gasteiger partial charge on any atom is -0.388 e. The second-order valence-electron chi connectivity index (χ2n) is 5.17. The molecule has 0 aliphatic heterocycles. The van der Waals surface area contributed by atoms with Crippen molar-refractivity contribution >= 4 is 61.2 Å². The molecule has 8 heteroatoms. The van der Waals surface area contributed by atoms with E-state index in [0.717, 1.165) is 22.1 Å². The summed E-state index contributed by atoms with van der Waals surface area (Å²) in [4.78, 5) is 17.4. The molecule has 3 N–H and O–H groups in total. The van der Waals surface area contributed by atoms with Gasteiger partial charge in [-0.2, -0.15) is 4.37 Å². The summed E-state index contributed by atoms with van der Waals surface area (Å²) < 4.78 is 5.14. The largest absolute Gasteiger partial charge is 0.388 e. The SMILES string of the molecule is C=CN=C(/C=C\CNC(=O)c1nsc(N)c1Cl)c1cc2ccccc2s1. The molecular formula is C18H15ClN4OS2. The van der Waals surface area contributed by atoms with Crippen LogP contribution >= 0.6 is 34.5 Å². The fourth-order valence-electron chi connectivity index (χ4n) is 2.23. The van der Waals surface area contributed by atoms with Gasteiger partial charge in [0.15, 0.2) is 5.69 Å². The van der Waals surface area contributed by atoms with Gasteiger partial charge in [-0.05, 0) is 35.1 Å². The van der Waals surface area contributed by atoms with Gasteiger partial charge in [0.1, 0.15) is 10.0 Å². The number of hydrogen-bond acceptors (Lipinski definition) is 6. The molecule has 0 bridgehead atoms. The third kappa shape index (κ3) is 4.01. The molecule has 5 nitrogen and oxygen atoms in total. The first kappa shape index (κ1) is 18.3. The standard InChI is InChI=1S/C18H15ClN4OS2/c1-2-21-12(14-10-11-6-3-4-8-13(11)25-14)7-5-9-22-18(24)16-15(19)17(20)26-23-16/h2-8,10H,1,9,20H2,(H,22,24)/b7-5-,21-12?. The highest BCUT2D eigenvalue weighted by Gasteiger charge is 2.16. The van der Waals surface area contributed by atoms with Crippen LogP contribution in [0.3, 0.4) is 0 Å². The average Bonchev–Trinajstić information content (AvgIpc) is 3.21. The Morgan fingerprint density at radius 3 is 2.92 bits per heavy atom. The van der Waals surface area contributed by atoms with Gasteiger partial charge in [0, 0.05) is 17.4 Å². The van der Waals surface area contributed by atoms with Crippen molar-refractivity contribution < 1.29 is 4.79 Å². The minimum absolute atomic E-state index is 0.145. The smallest absolute Gasteiger partial charge is 0.272 e. The summed E-state index contributed by atoms with van der Waals surface area (Å²) in [6.07, 6.45) is 5.17. The Morgan fingerprint density at radius 2 is 2.23 bits per heavy atom. The number of nitrogens with one attached hydrogen (secondary N) is 1. The molecule has 1 amide bonds. The highest BCUT2D eigenvalue weighted by atomic mass is 35.5. The summed E-state index contributed by atoms with van der Waals surface area (Å²) >= 11 is 8.59. The van der Waals surface area contributed by atoms with Gasteiger partial charge in [0.25, 0.3) is 5.91 Å². The number of thiophene rings is 1. The fraction of sp³-hybridized carbons (Fsp3) is 0.0556. The molecule has 0 aliphatic carbocycles. The molecule has 3 rings (SSSR count). The third-order valence-electron chi connectivity index (χ3n) is 3.44. The van der Waals surface area contributed by atoms with E-state index in [0.29, 0.717) is 11.5 Å². The quantitative estimate of drug-likeness (QED) is 0.595. The number of hydrogen-bond donors (Lipinski definition) is 2. The number of anilines is 1. The normalized spacial score (nSPS) is 12.0. The van der Waals surface area contributed by atoms with Crippen molar-refractivity contribution in [3.63, 3.8) is 0 Å². The molecule has 0 atom stereocenters. The van der Waals surface area contributed by atoms with E-state index in [-0.39, 0.29) is 16.6 Å². The van der Waals surface area contributed by atoms with Crippen molar-refractivity contribution in [2.24, 2.45) is 4.99 Å². The zero-order valence-corrected chi connectivity index (χ0v) is 16.0. The van der Waals surface area contributed by atoms with Gasteiger partial charge in [0.05, 0.1) is 10.6 Å². The number of nitrogen functional groups attached to an aromatic ring is 1. The van der Waals surface area contributed by atoms with Crippen molar-refractivity contribution in [2.45, 2.75) is 0 Å². The van der Waals surface area contributed by atoms with Crippen LogP contribution < -0.4 is 11.1 Å². The van der Waals surface area contributed by atoms with E-state index in [1.165, 1.54) is 16.3 Å². The molecule has 1 aromatic carbocycles. The van der Waals surface area contributed by atoms with E-state index in [4.69, 9.17) is 17.3 Å². The van der Waals surface area contributed by atoms with E-state index in [9.17, 15) is 4.79 Å². The van der Waals surface area contributed by atoms with Crippen LogP contribution in [0.25, 0.3) is 10.1 Å².